The minimum absolute atomic E-state index is 0.00426. The Kier molecular flexibility index (Phi) is 4.34. The van der Waals surface area contributed by atoms with Gasteiger partial charge in [-0.2, -0.15) is 0 Å². The lowest BCUT2D eigenvalue weighted by atomic mass is 9.96. The van der Waals surface area contributed by atoms with Crippen molar-refractivity contribution >= 4 is 37.0 Å². The maximum Gasteiger partial charge on any atom is 0.140 e. The number of halogens is 1. The number of aliphatic hydroxyl groups excluding tert-OH is 1. The van der Waals surface area contributed by atoms with Crippen molar-refractivity contribution in [2.75, 3.05) is 19.5 Å². The molecule has 14 heavy (non-hydrogen) atoms. The van der Waals surface area contributed by atoms with Gasteiger partial charge in [0, 0.05) is 6.00 Å². The highest BCUT2D eigenvalue weighted by molar-refractivity contribution is 9.09. The summed E-state index contributed by atoms with van der Waals surface area (Å²) >= 11 is 3.45. The molecule has 0 spiro atoms. The Balaban J connectivity index is 2.44. The average Bonchev–Trinajstić information content (AvgIpc) is 2.28. The average molecular weight is 281 g/mol. The van der Waals surface area contributed by atoms with Gasteiger partial charge < -0.3 is 9.84 Å². The van der Waals surface area contributed by atoms with Crippen molar-refractivity contribution in [1.82, 2.24) is 0 Å². The van der Waals surface area contributed by atoms with Gasteiger partial charge in [-0.15, -0.1) is 13.2 Å². The molecule has 0 radical (unpaired) electrons. The minimum atomic E-state index is -0.991. The van der Waals surface area contributed by atoms with Crippen LogP contribution >= 0.6 is 22.8 Å². The van der Waals surface area contributed by atoms with Gasteiger partial charge in [0.25, 0.3) is 0 Å². The third-order valence-corrected chi connectivity index (χ3v) is 5.32. The van der Waals surface area contributed by atoms with Gasteiger partial charge in [0.15, 0.2) is 0 Å². The second kappa shape index (κ2) is 4.73. The Hall–Kier alpha value is 0.765. The molecule has 1 heterocycles. The Labute approximate surface area is 95.9 Å². The summed E-state index contributed by atoms with van der Waals surface area (Å²) in [5, 5.41) is 9.84. The summed E-state index contributed by atoms with van der Waals surface area (Å²) in [6.07, 6.45) is 5.80. The van der Waals surface area contributed by atoms with Gasteiger partial charge in [0.05, 0.1) is 17.0 Å². The van der Waals surface area contributed by atoms with Crippen molar-refractivity contribution in [2.24, 2.45) is 0 Å². The molecular formula is C9H19BBrO2P. The third kappa shape index (κ3) is 3.41. The van der Waals surface area contributed by atoms with E-state index < -0.39 is 6.89 Å². The van der Waals surface area contributed by atoms with Crippen LogP contribution in [0.2, 0.25) is 0 Å². The fourth-order valence-corrected chi connectivity index (χ4v) is 3.05. The van der Waals surface area contributed by atoms with Crippen molar-refractivity contribution in [3.8, 4) is 0 Å². The maximum absolute atomic E-state index is 9.84. The normalized spacial score (nSPS) is 38.9. The van der Waals surface area contributed by atoms with E-state index in [1.165, 1.54) is 0 Å². The van der Waals surface area contributed by atoms with Crippen LogP contribution in [-0.2, 0) is 4.74 Å². The molecule has 2 nitrogen and oxygen atoms in total. The predicted molar refractivity (Wildman–Crippen MR) is 71.3 cm³/mol. The molecule has 1 rings (SSSR count). The molecule has 1 aliphatic rings. The Morgan fingerprint density at radius 3 is 2.50 bits per heavy atom. The third-order valence-electron chi connectivity index (χ3n) is 2.56. The summed E-state index contributed by atoms with van der Waals surface area (Å²) in [6, 6.07) is 0.112. The Morgan fingerprint density at radius 2 is 2.14 bits per heavy atom. The van der Waals surface area contributed by atoms with Crippen molar-refractivity contribution in [1.29, 1.82) is 0 Å². The summed E-state index contributed by atoms with van der Waals surface area (Å²) in [5.74, 6) is 0. The smallest absolute Gasteiger partial charge is 0.140 e. The van der Waals surface area contributed by atoms with Gasteiger partial charge in [-0.05, 0) is 25.9 Å². The standard InChI is InChI=1S/C9H19BBrO2P/c1-14(2,3)5-4-6-8(12)7(11)9(10)13-6/h6-9,12H,1,4-5,10H2,2-3H3/t6-,7?,8-,9-/m1/s1. The fourth-order valence-electron chi connectivity index (χ4n) is 1.63. The van der Waals surface area contributed by atoms with Crippen LogP contribution in [0.4, 0.5) is 0 Å². The lowest BCUT2D eigenvalue weighted by molar-refractivity contribution is 0.0312. The van der Waals surface area contributed by atoms with Crippen molar-refractivity contribution in [3.05, 3.63) is 0 Å². The Bertz CT molecular complexity index is 243. The van der Waals surface area contributed by atoms with Gasteiger partial charge in [-0.3, -0.25) is 0 Å². The zero-order valence-electron chi connectivity index (χ0n) is 9.11. The first-order valence-electron chi connectivity index (χ1n) is 4.96. The summed E-state index contributed by atoms with van der Waals surface area (Å²) in [7, 11) is 1.99. The first-order chi connectivity index (χ1) is 6.31. The van der Waals surface area contributed by atoms with Gasteiger partial charge in [-0.25, -0.2) is 0 Å². The van der Waals surface area contributed by atoms with Crippen molar-refractivity contribution in [2.45, 2.75) is 29.5 Å². The summed E-state index contributed by atoms with van der Waals surface area (Å²) in [5.41, 5.74) is 0. The van der Waals surface area contributed by atoms with Crippen LogP contribution in [0.15, 0.2) is 0 Å². The minimum Gasteiger partial charge on any atom is -0.389 e. The van der Waals surface area contributed by atoms with Crippen LogP contribution < -0.4 is 0 Å². The summed E-state index contributed by atoms with van der Waals surface area (Å²) < 4.78 is 5.67. The van der Waals surface area contributed by atoms with Crippen molar-refractivity contribution < 1.29 is 9.84 Å². The molecule has 1 N–H and O–H groups in total. The van der Waals surface area contributed by atoms with E-state index in [1.54, 1.807) is 0 Å². The second-order valence-corrected chi connectivity index (χ2v) is 10.1. The highest BCUT2D eigenvalue weighted by Crippen LogP contribution is 2.38. The van der Waals surface area contributed by atoms with E-state index in [2.05, 4.69) is 35.6 Å². The van der Waals surface area contributed by atoms with E-state index in [0.717, 1.165) is 12.6 Å². The lowest BCUT2D eigenvalue weighted by Gasteiger charge is -2.18. The fraction of sp³-hybridized carbons (Fsp3) is 0.889. The molecule has 1 fully saturated rings. The van der Waals surface area contributed by atoms with Gasteiger partial charge in [0.1, 0.15) is 7.85 Å². The van der Waals surface area contributed by atoms with Crippen LogP contribution in [0.1, 0.15) is 6.42 Å². The lowest BCUT2D eigenvalue weighted by Crippen LogP contribution is -2.28. The molecule has 0 aromatic heterocycles. The molecular weight excluding hydrogens is 262 g/mol. The van der Waals surface area contributed by atoms with Crippen LogP contribution in [0.3, 0.4) is 0 Å². The first kappa shape index (κ1) is 12.8. The van der Waals surface area contributed by atoms with Gasteiger partial charge in [0.2, 0.25) is 0 Å². The highest BCUT2D eigenvalue weighted by Gasteiger charge is 2.38. The quantitative estimate of drug-likeness (QED) is 0.465. The van der Waals surface area contributed by atoms with Crippen molar-refractivity contribution in [3.63, 3.8) is 0 Å². The number of hydrogen-bond acceptors (Lipinski definition) is 2. The molecule has 0 amide bonds. The largest absolute Gasteiger partial charge is 0.389 e. The van der Waals surface area contributed by atoms with Crippen LogP contribution in [0, 0.1) is 0 Å². The van der Waals surface area contributed by atoms with E-state index in [0.29, 0.717) is 0 Å². The molecule has 1 unspecified atom stereocenters. The summed E-state index contributed by atoms with van der Waals surface area (Å²) in [4.78, 5) is 0.0822. The van der Waals surface area contributed by atoms with Crippen LogP contribution in [0.25, 0.3) is 0 Å². The van der Waals surface area contributed by atoms with E-state index in [1.807, 2.05) is 7.85 Å². The predicted octanol–water partition coefficient (Wildman–Crippen LogP) is 0.568. The molecule has 0 aromatic carbocycles. The Morgan fingerprint density at radius 1 is 1.57 bits per heavy atom. The van der Waals surface area contributed by atoms with E-state index in [9.17, 15) is 5.11 Å². The molecule has 5 heteroatoms. The second-order valence-electron chi connectivity index (χ2n) is 4.76. The molecule has 0 aromatic rings. The molecule has 0 saturated carbocycles. The van der Waals surface area contributed by atoms with Crippen LogP contribution in [-0.4, -0.2) is 61.8 Å². The first-order valence-corrected chi connectivity index (χ1v) is 8.93. The van der Waals surface area contributed by atoms with E-state index in [4.69, 9.17) is 4.74 Å². The molecule has 1 saturated heterocycles. The molecule has 4 atom stereocenters. The number of alkyl halides is 1. The van der Waals surface area contributed by atoms with Gasteiger partial charge >= 0.3 is 0 Å². The summed E-state index contributed by atoms with van der Waals surface area (Å²) in [6.45, 7) is 3.43. The maximum atomic E-state index is 9.84. The number of hydrogen-bond donors (Lipinski definition) is 1. The van der Waals surface area contributed by atoms with Gasteiger partial charge in [-0.1, -0.05) is 15.9 Å². The topological polar surface area (TPSA) is 29.5 Å². The van der Waals surface area contributed by atoms with Crippen LogP contribution in [0.5, 0.6) is 0 Å². The molecule has 0 aliphatic carbocycles. The monoisotopic (exact) mass is 280 g/mol. The highest BCUT2D eigenvalue weighted by atomic mass is 79.9. The zero-order chi connectivity index (χ0) is 10.9. The molecule has 82 valence electrons. The SMILES string of the molecule is B[C@@H]1O[C@H](CCP(=C)(C)C)[C@@H](O)C1Br. The number of aliphatic hydroxyl groups is 1. The van der Waals surface area contributed by atoms with E-state index in [-0.39, 0.29) is 23.0 Å². The number of rotatable bonds is 3. The zero-order valence-corrected chi connectivity index (χ0v) is 11.6. The van der Waals surface area contributed by atoms with E-state index >= 15 is 0 Å². The molecule has 1 aliphatic heterocycles. The molecule has 0 bridgehead atoms. The number of ether oxygens (including phenoxy) is 1.